The minimum atomic E-state index is -0.506. The highest BCUT2D eigenvalue weighted by Gasteiger charge is 2.24. The monoisotopic (exact) mass is 349 g/mol. The number of carbonyl (C=O) groups is 1. The maximum atomic E-state index is 12.6. The lowest BCUT2D eigenvalue weighted by Crippen LogP contribution is -2.28. The Morgan fingerprint density at radius 2 is 1.96 bits per heavy atom. The van der Waals surface area contributed by atoms with Crippen molar-refractivity contribution >= 4 is 16.9 Å². The summed E-state index contributed by atoms with van der Waals surface area (Å²) >= 11 is 0. The van der Waals surface area contributed by atoms with Crippen LogP contribution in [0, 0.1) is 0 Å². The molecule has 4 rings (SSSR count). The zero-order chi connectivity index (χ0) is 17.9. The van der Waals surface area contributed by atoms with Gasteiger partial charge in [0.05, 0.1) is 13.2 Å². The van der Waals surface area contributed by atoms with E-state index in [0.29, 0.717) is 5.76 Å². The van der Waals surface area contributed by atoms with Crippen LogP contribution in [-0.2, 0) is 0 Å². The summed E-state index contributed by atoms with van der Waals surface area (Å²) < 4.78 is 15.9. The molecule has 1 amide bonds. The Morgan fingerprint density at radius 3 is 2.69 bits per heavy atom. The fraction of sp³-hybridized carbons (Fsp3) is 0.105. The summed E-state index contributed by atoms with van der Waals surface area (Å²) in [6, 6.07) is 14.1. The molecule has 1 N–H and O–H groups in total. The molecule has 0 saturated heterocycles. The smallest absolute Gasteiger partial charge is 0.290 e. The average molecular weight is 349 g/mol. The number of amides is 1. The Morgan fingerprint density at radius 1 is 1.15 bits per heavy atom. The number of rotatable bonds is 5. The second-order valence-corrected chi connectivity index (χ2v) is 5.61. The number of pyridine rings is 1. The molecule has 0 spiro atoms. The van der Waals surface area contributed by atoms with Gasteiger partial charge in [-0.15, -0.1) is 0 Å². The summed E-state index contributed by atoms with van der Waals surface area (Å²) in [5.74, 6) is 0.469. The molecule has 1 atom stereocenters. The van der Waals surface area contributed by atoms with Crippen molar-refractivity contribution < 1.29 is 18.5 Å². The topological polar surface area (TPSA) is 90.4 Å². The number of ether oxygens (including phenoxy) is 1. The van der Waals surface area contributed by atoms with Gasteiger partial charge in [-0.05, 0) is 35.0 Å². The Kier molecular flexibility index (Phi) is 4.10. The summed E-state index contributed by atoms with van der Waals surface area (Å²) in [4.78, 5) is 16.6. The standard InChI is InChI=1S/C19H15N3O4/c1-24-17-11-16(26-22-17)19(23)21-18(12-6-8-20-9-7-12)15-10-13-4-2-3-5-14(13)25-15/h2-11,18H,1H3,(H,21,23)/t18-/m0/s1. The maximum absolute atomic E-state index is 12.6. The van der Waals surface area contributed by atoms with Crippen molar-refractivity contribution in [1.82, 2.24) is 15.5 Å². The number of hydrogen-bond donors (Lipinski definition) is 1. The van der Waals surface area contributed by atoms with Crippen LogP contribution in [0.25, 0.3) is 11.0 Å². The first-order chi connectivity index (χ1) is 12.7. The Balaban J connectivity index is 1.70. The third-order valence-corrected chi connectivity index (χ3v) is 3.97. The first-order valence-electron chi connectivity index (χ1n) is 7.94. The number of fused-ring (bicyclic) bond motifs is 1. The predicted molar refractivity (Wildman–Crippen MR) is 92.8 cm³/mol. The van der Waals surface area contributed by atoms with Crippen molar-refractivity contribution in [3.63, 3.8) is 0 Å². The van der Waals surface area contributed by atoms with Gasteiger partial charge in [-0.2, -0.15) is 0 Å². The molecule has 3 aromatic heterocycles. The van der Waals surface area contributed by atoms with E-state index in [1.807, 2.05) is 42.5 Å². The minimum Gasteiger partial charge on any atom is -0.479 e. The van der Waals surface area contributed by atoms with Gasteiger partial charge in [0, 0.05) is 17.8 Å². The van der Waals surface area contributed by atoms with Crippen LogP contribution in [0.1, 0.15) is 27.9 Å². The van der Waals surface area contributed by atoms with Gasteiger partial charge < -0.3 is 19.0 Å². The molecular weight excluding hydrogens is 334 g/mol. The summed E-state index contributed by atoms with van der Waals surface area (Å²) in [6.45, 7) is 0. The number of carbonyl (C=O) groups excluding carboxylic acids is 1. The van der Waals surface area contributed by atoms with Crippen LogP contribution in [0.5, 0.6) is 5.88 Å². The summed E-state index contributed by atoms with van der Waals surface area (Å²) in [7, 11) is 1.45. The zero-order valence-corrected chi connectivity index (χ0v) is 13.9. The van der Waals surface area contributed by atoms with E-state index in [0.717, 1.165) is 16.5 Å². The van der Waals surface area contributed by atoms with Crippen molar-refractivity contribution in [2.45, 2.75) is 6.04 Å². The number of aromatic nitrogens is 2. The van der Waals surface area contributed by atoms with Gasteiger partial charge in [-0.3, -0.25) is 9.78 Å². The molecule has 130 valence electrons. The van der Waals surface area contributed by atoms with Crippen LogP contribution in [-0.4, -0.2) is 23.2 Å². The van der Waals surface area contributed by atoms with E-state index in [9.17, 15) is 4.79 Å². The van der Waals surface area contributed by atoms with Crippen LogP contribution in [0.4, 0.5) is 0 Å². The Bertz CT molecular complexity index is 1010. The van der Waals surface area contributed by atoms with Crippen LogP contribution in [0.2, 0.25) is 0 Å². The summed E-state index contributed by atoms with van der Waals surface area (Å²) in [5.41, 5.74) is 1.58. The second kappa shape index (κ2) is 6.72. The van der Waals surface area contributed by atoms with E-state index in [4.69, 9.17) is 13.7 Å². The van der Waals surface area contributed by atoms with Gasteiger partial charge in [0.2, 0.25) is 5.76 Å². The molecule has 7 heteroatoms. The van der Waals surface area contributed by atoms with Gasteiger partial charge in [0.25, 0.3) is 11.8 Å². The van der Waals surface area contributed by atoms with E-state index in [2.05, 4.69) is 15.5 Å². The Hall–Kier alpha value is -3.61. The first kappa shape index (κ1) is 15.9. The Labute approximate surface area is 148 Å². The fourth-order valence-corrected chi connectivity index (χ4v) is 2.68. The van der Waals surface area contributed by atoms with E-state index in [1.165, 1.54) is 13.2 Å². The molecule has 0 bridgehead atoms. The van der Waals surface area contributed by atoms with Gasteiger partial charge in [0.15, 0.2) is 0 Å². The van der Waals surface area contributed by atoms with E-state index in [-0.39, 0.29) is 11.6 Å². The number of nitrogens with one attached hydrogen (secondary N) is 1. The quantitative estimate of drug-likeness (QED) is 0.594. The van der Waals surface area contributed by atoms with Crippen molar-refractivity contribution in [3.8, 4) is 5.88 Å². The average Bonchev–Trinajstić information content (AvgIpc) is 3.33. The van der Waals surface area contributed by atoms with Gasteiger partial charge >= 0.3 is 0 Å². The summed E-state index contributed by atoms with van der Waals surface area (Å²) in [5, 5.41) is 7.52. The first-order valence-corrected chi connectivity index (χ1v) is 7.94. The van der Waals surface area contributed by atoms with E-state index >= 15 is 0 Å². The van der Waals surface area contributed by atoms with E-state index < -0.39 is 11.9 Å². The molecule has 0 fully saturated rings. The molecule has 1 aromatic carbocycles. The number of hydrogen-bond acceptors (Lipinski definition) is 6. The zero-order valence-electron chi connectivity index (χ0n) is 13.9. The van der Waals surface area contributed by atoms with Crippen LogP contribution >= 0.6 is 0 Å². The normalized spacial score (nSPS) is 12.0. The second-order valence-electron chi connectivity index (χ2n) is 5.61. The van der Waals surface area contributed by atoms with Gasteiger partial charge in [0.1, 0.15) is 17.4 Å². The molecule has 7 nitrogen and oxygen atoms in total. The number of benzene rings is 1. The largest absolute Gasteiger partial charge is 0.479 e. The fourth-order valence-electron chi connectivity index (χ4n) is 2.68. The summed E-state index contributed by atoms with van der Waals surface area (Å²) in [6.07, 6.45) is 3.32. The highest BCUT2D eigenvalue weighted by molar-refractivity contribution is 5.92. The van der Waals surface area contributed by atoms with Crippen molar-refractivity contribution in [3.05, 3.63) is 78.0 Å². The third kappa shape index (κ3) is 3.02. The molecule has 0 unspecified atom stereocenters. The lowest BCUT2D eigenvalue weighted by Gasteiger charge is -2.16. The SMILES string of the molecule is COc1cc(C(=O)N[C@@H](c2ccncc2)c2cc3ccccc3o2)on1. The lowest BCUT2D eigenvalue weighted by molar-refractivity contribution is 0.0901. The van der Waals surface area contributed by atoms with Gasteiger partial charge in [-0.25, -0.2) is 0 Å². The number of furan rings is 1. The number of nitrogens with zero attached hydrogens (tertiary/aromatic N) is 2. The predicted octanol–water partition coefficient (Wildman–Crippen LogP) is 3.34. The molecule has 3 heterocycles. The molecule has 0 aliphatic heterocycles. The van der Waals surface area contributed by atoms with Crippen molar-refractivity contribution in [1.29, 1.82) is 0 Å². The molecule has 26 heavy (non-hydrogen) atoms. The number of para-hydroxylation sites is 1. The van der Waals surface area contributed by atoms with Crippen molar-refractivity contribution in [2.24, 2.45) is 0 Å². The lowest BCUT2D eigenvalue weighted by atomic mass is 10.1. The maximum Gasteiger partial charge on any atom is 0.290 e. The van der Waals surface area contributed by atoms with Crippen LogP contribution in [0.15, 0.2) is 69.9 Å². The number of methoxy groups -OCH3 is 1. The van der Waals surface area contributed by atoms with E-state index in [1.54, 1.807) is 12.4 Å². The minimum absolute atomic E-state index is 0.0528. The molecular formula is C19H15N3O4. The molecule has 0 aliphatic carbocycles. The van der Waals surface area contributed by atoms with Crippen molar-refractivity contribution in [2.75, 3.05) is 7.11 Å². The molecule has 0 saturated carbocycles. The highest BCUT2D eigenvalue weighted by Crippen LogP contribution is 2.28. The van der Waals surface area contributed by atoms with Gasteiger partial charge in [-0.1, -0.05) is 18.2 Å². The van der Waals surface area contributed by atoms with Crippen LogP contribution < -0.4 is 10.1 Å². The molecule has 4 aromatic rings. The third-order valence-electron chi connectivity index (χ3n) is 3.97. The molecule has 0 radical (unpaired) electrons. The molecule has 0 aliphatic rings. The van der Waals surface area contributed by atoms with Crippen LogP contribution in [0.3, 0.4) is 0 Å². The highest BCUT2D eigenvalue weighted by atomic mass is 16.5.